The van der Waals surface area contributed by atoms with E-state index in [2.05, 4.69) is 6.92 Å². The van der Waals surface area contributed by atoms with Crippen molar-refractivity contribution in [3.8, 4) is 0 Å². The second kappa shape index (κ2) is 5.23. The molecule has 0 amide bonds. The van der Waals surface area contributed by atoms with E-state index < -0.39 is 0 Å². The van der Waals surface area contributed by atoms with Crippen molar-refractivity contribution in [2.24, 2.45) is 23.2 Å². The molecule has 1 spiro atoms. The number of hydrogen-bond acceptors (Lipinski definition) is 2. The molecular formula is C19H32O2. The zero-order valence-corrected chi connectivity index (χ0v) is 13.7. The van der Waals surface area contributed by atoms with Gasteiger partial charge in [0.25, 0.3) is 0 Å². The highest BCUT2D eigenvalue weighted by molar-refractivity contribution is 5.16. The standard InChI is InChI=1S/C19H32O2/c1-18-11-9-14-5-4-7-15(20)6-2-3-8-16(14)17(18)10-12-19(18)13-21-19/h14-17,20H,2-13H2,1H3/t14-,15-,16+,17-,18-,19+/m1/s1. The van der Waals surface area contributed by atoms with E-state index >= 15 is 0 Å². The third-order valence-corrected chi connectivity index (χ3v) is 7.81. The lowest BCUT2D eigenvalue weighted by Crippen LogP contribution is -2.45. The Hall–Kier alpha value is -0.0800. The second-order valence-corrected chi connectivity index (χ2v) is 8.68. The van der Waals surface area contributed by atoms with Gasteiger partial charge in [-0.25, -0.2) is 0 Å². The van der Waals surface area contributed by atoms with E-state index in [4.69, 9.17) is 4.74 Å². The largest absolute Gasteiger partial charge is 0.393 e. The monoisotopic (exact) mass is 292 g/mol. The molecule has 0 unspecified atom stereocenters. The number of hydrogen-bond donors (Lipinski definition) is 1. The molecule has 2 nitrogen and oxygen atoms in total. The zero-order valence-electron chi connectivity index (χ0n) is 13.7. The highest BCUT2D eigenvalue weighted by Crippen LogP contribution is 2.67. The van der Waals surface area contributed by atoms with E-state index in [0.717, 1.165) is 37.2 Å². The fourth-order valence-corrected chi connectivity index (χ4v) is 6.33. The zero-order chi connectivity index (χ0) is 14.5. The van der Waals surface area contributed by atoms with E-state index in [1.807, 2.05) is 0 Å². The van der Waals surface area contributed by atoms with Crippen LogP contribution in [-0.2, 0) is 4.74 Å². The van der Waals surface area contributed by atoms with E-state index in [9.17, 15) is 5.11 Å². The molecule has 3 saturated carbocycles. The Balaban J connectivity index is 1.52. The lowest BCUT2D eigenvalue weighted by atomic mass is 9.56. The van der Waals surface area contributed by atoms with Crippen LogP contribution in [0.5, 0.6) is 0 Å². The van der Waals surface area contributed by atoms with Crippen molar-refractivity contribution in [1.29, 1.82) is 0 Å². The number of epoxide rings is 1. The molecule has 1 N–H and O–H groups in total. The van der Waals surface area contributed by atoms with Crippen molar-refractivity contribution < 1.29 is 9.84 Å². The lowest BCUT2D eigenvalue weighted by molar-refractivity contribution is -0.0122. The summed E-state index contributed by atoms with van der Waals surface area (Å²) >= 11 is 0. The lowest BCUT2D eigenvalue weighted by Gasteiger charge is -2.48. The smallest absolute Gasteiger partial charge is 0.0972 e. The minimum absolute atomic E-state index is 0.0231. The van der Waals surface area contributed by atoms with Gasteiger partial charge in [0, 0.05) is 5.41 Å². The van der Waals surface area contributed by atoms with Crippen LogP contribution >= 0.6 is 0 Å². The van der Waals surface area contributed by atoms with Crippen LogP contribution in [0, 0.1) is 23.2 Å². The van der Waals surface area contributed by atoms with Crippen LogP contribution in [0.25, 0.3) is 0 Å². The number of aliphatic hydroxyl groups excluding tert-OH is 1. The first kappa shape index (κ1) is 14.5. The molecule has 0 aromatic rings. The summed E-state index contributed by atoms with van der Waals surface area (Å²) in [5.41, 5.74) is 0.784. The highest BCUT2D eigenvalue weighted by atomic mass is 16.6. The Bertz CT molecular complexity index is 389. The van der Waals surface area contributed by atoms with Gasteiger partial charge in [-0.1, -0.05) is 32.6 Å². The van der Waals surface area contributed by atoms with Gasteiger partial charge in [-0.2, -0.15) is 0 Å². The molecular weight excluding hydrogens is 260 g/mol. The van der Waals surface area contributed by atoms with E-state index in [1.54, 1.807) is 0 Å². The van der Waals surface area contributed by atoms with Crippen molar-refractivity contribution in [2.75, 3.05) is 6.61 Å². The first-order chi connectivity index (χ1) is 10.1. The molecule has 4 fully saturated rings. The number of rotatable bonds is 0. The molecule has 6 atom stereocenters. The van der Waals surface area contributed by atoms with Gasteiger partial charge in [0.05, 0.1) is 18.3 Å². The molecule has 2 heteroatoms. The van der Waals surface area contributed by atoms with Gasteiger partial charge < -0.3 is 9.84 Å². The average Bonchev–Trinajstić information content (AvgIpc) is 3.20. The summed E-state index contributed by atoms with van der Waals surface area (Å²) in [6, 6.07) is 0. The Morgan fingerprint density at radius 2 is 1.67 bits per heavy atom. The second-order valence-electron chi connectivity index (χ2n) is 8.68. The molecule has 4 rings (SSSR count). The van der Waals surface area contributed by atoms with Crippen LogP contribution in [0.15, 0.2) is 0 Å². The first-order valence-electron chi connectivity index (χ1n) is 9.47. The third-order valence-electron chi connectivity index (χ3n) is 7.81. The summed E-state index contributed by atoms with van der Waals surface area (Å²) in [7, 11) is 0. The van der Waals surface area contributed by atoms with Crippen molar-refractivity contribution >= 4 is 0 Å². The van der Waals surface area contributed by atoms with E-state index in [-0.39, 0.29) is 6.10 Å². The van der Waals surface area contributed by atoms with Crippen LogP contribution < -0.4 is 0 Å². The van der Waals surface area contributed by atoms with Gasteiger partial charge in [0.15, 0.2) is 0 Å². The van der Waals surface area contributed by atoms with E-state index in [1.165, 1.54) is 57.8 Å². The summed E-state index contributed by atoms with van der Waals surface area (Å²) in [4.78, 5) is 0. The normalized spacial score (nSPS) is 54.0. The third kappa shape index (κ3) is 2.28. The Labute approximate surface area is 129 Å². The minimum Gasteiger partial charge on any atom is -0.393 e. The summed E-state index contributed by atoms with van der Waals surface area (Å²) in [5, 5.41) is 9.98. The summed E-state index contributed by atoms with van der Waals surface area (Å²) < 4.78 is 5.99. The molecule has 120 valence electrons. The van der Waals surface area contributed by atoms with Gasteiger partial charge in [0.2, 0.25) is 0 Å². The van der Waals surface area contributed by atoms with E-state index in [0.29, 0.717) is 11.0 Å². The maximum atomic E-state index is 9.98. The topological polar surface area (TPSA) is 32.8 Å². The Kier molecular flexibility index (Phi) is 3.61. The van der Waals surface area contributed by atoms with Crippen molar-refractivity contribution in [3.05, 3.63) is 0 Å². The van der Waals surface area contributed by atoms with Crippen LogP contribution in [0.4, 0.5) is 0 Å². The van der Waals surface area contributed by atoms with Crippen LogP contribution in [0.1, 0.15) is 77.6 Å². The maximum absolute atomic E-state index is 9.98. The fraction of sp³-hybridized carbons (Fsp3) is 1.00. The molecule has 3 aliphatic carbocycles. The van der Waals surface area contributed by atoms with Crippen LogP contribution in [-0.4, -0.2) is 23.4 Å². The average molecular weight is 292 g/mol. The highest BCUT2D eigenvalue weighted by Gasteiger charge is 2.67. The van der Waals surface area contributed by atoms with Gasteiger partial charge in [-0.15, -0.1) is 0 Å². The molecule has 1 aliphatic heterocycles. The van der Waals surface area contributed by atoms with Crippen molar-refractivity contribution in [1.82, 2.24) is 0 Å². The number of ether oxygens (including phenoxy) is 1. The molecule has 0 aromatic carbocycles. The minimum atomic E-state index is -0.0231. The molecule has 1 saturated heterocycles. The number of aliphatic hydroxyl groups is 1. The SMILES string of the molecule is C[C@@]12CC[C@H]3CCC[C@H](O)CCCC[C@@H]3[C@H]1CC[C@]21CO1. The van der Waals surface area contributed by atoms with Gasteiger partial charge >= 0.3 is 0 Å². The fourth-order valence-electron chi connectivity index (χ4n) is 6.33. The van der Waals surface area contributed by atoms with Crippen LogP contribution in [0.3, 0.4) is 0 Å². The predicted octanol–water partition coefficient (Wildman–Crippen LogP) is 4.30. The van der Waals surface area contributed by atoms with Gasteiger partial charge in [0.1, 0.15) is 0 Å². The predicted molar refractivity (Wildman–Crippen MR) is 84.1 cm³/mol. The van der Waals surface area contributed by atoms with Crippen molar-refractivity contribution in [2.45, 2.75) is 89.3 Å². The Morgan fingerprint density at radius 1 is 0.905 bits per heavy atom. The van der Waals surface area contributed by atoms with Gasteiger partial charge in [-0.3, -0.25) is 0 Å². The quantitative estimate of drug-likeness (QED) is 0.675. The molecule has 0 radical (unpaired) electrons. The summed E-state index contributed by atoms with van der Waals surface area (Å²) in [6.45, 7) is 3.60. The molecule has 1 heterocycles. The maximum Gasteiger partial charge on any atom is 0.0972 e. The molecule has 21 heavy (non-hydrogen) atoms. The summed E-state index contributed by atoms with van der Waals surface area (Å²) in [6.07, 6.45) is 14.2. The van der Waals surface area contributed by atoms with Crippen LogP contribution in [0.2, 0.25) is 0 Å². The number of fused-ring (bicyclic) bond motifs is 4. The molecule has 0 bridgehead atoms. The Morgan fingerprint density at radius 3 is 2.48 bits per heavy atom. The van der Waals surface area contributed by atoms with Crippen molar-refractivity contribution in [3.63, 3.8) is 0 Å². The first-order valence-corrected chi connectivity index (χ1v) is 9.47. The van der Waals surface area contributed by atoms with Gasteiger partial charge in [-0.05, 0) is 62.7 Å². The molecule has 0 aromatic heterocycles. The summed E-state index contributed by atoms with van der Waals surface area (Å²) in [5.74, 6) is 2.80. The molecule has 4 aliphatic rings.